The van der Waals surface area contributed by atoms with Crippen molar-refractivity contribution in [2.45, 2.75) is 59.5 Å². The number of aryl methyl sites for hydroxylation is 2. The molecule has 0 unspecified atom stereocenters. The highest BCUT2D eigenvalue weighted by Crippen LogP contribution is 2.37. The first-order valence-corrected chi connectivity index (χ1v) is 14.8. The molecule has 222 valence electrons. The van der Waals surface area contributed by atoms with Gasteiger partial charge in [0.05, 0.1) is 0 Å². The van der Waals surface area contributed by atoms with Gasteiger partial charge in [-0.3, -0.25) is 9.59 Å². The fraction of sp³-hybridized carbons (Fsp3) is 0.438. The molecular formula is C32H40N6O4. The fourth-order valence-electron chi connectivity index (χ4n) is 6.04. The molecule has 5 rings (SSSR count). The summed E-state index contributed by atoms with van der Waals surface area (Å²) < 4.78 is 0. The number of pyridine rings is 2. The molecule has 0 spiro atoms. The molecule has 0 saturated carbocycles. The number of carbonyl (C=O) groups is 2. The van der Waals surface area contributed by atoms with Gasteiger partial charge in [-0.05, 0) is 80.6 Å². The molecule has 0 atom stereocenters. The quantitative estimate of drug-likeness (QED) is 0.370. The Bertz CT molecular complexity index is 1520. The summed E-state index contributed by atoms with van der Waals surface area (Å²) in [6.07, 6.45) is 3.40. The molecule has 42 heavy (non-hydrogen) atoms. The lowest BCUT2D eigenvalue weighted by molar-refractivity contribution is 0.0950. The van der Waals surface area contributed by atoms with Crippen molar-refractivity contribution in [3.8, 4) is 11.1 Å². The SMILES string of the molecule is CCCc1cc(C)[nH]c(=O)c1CNC(=O)c1cc(-c2ccc(N3CCN(C(=O)O)CC3)nc2)cc2c1CCN2C(C)C. The van der Waals surface area contributed by atoms with Crippen molar-refractivity contribution in [1.29, 1.82) is 0 Å². The van der Waals surface area contributed by atoms with Crippen LogP contribution in [0.25, 0.3) is 11.1 Å². The molecule has 1 aromatic carbocycles. The Labute approximate surface area is 246 Å². The highest BCUT2D eigenvalue weighted by atomic mass is 16.4. The summed E-state index contributed by atoms with van der Waals surface area (Å²) in [5.74, 6) is 0.611. The summed E-state index contributed by atoms with van der Waals surface area (Å²) in [6.45, 7) is 11.3. The number of carboxylic acid groups (broad SMARTS) is 1. The average Bonchev–Trinajstić information content (AvgIpc) is 3.41. The number of nitrogens with one attached hydrogen (secondary N) is 2. The molecule has 0 bridgehead atoms. The maximum atomic E-state index is 13.7. The number of piperazine rings is 1. The van der Waals surface area contributed by atoms with E-state index in [0.717, 1.165) is 65.3 Å². The van der Waals surface area contributed by atoms with Gasteiger partial charge in [0.1, 0.15) is 5.82 Å². The van der Waals surface area contributed by atoms with E-state index in [9.17, 15) is 19.5 Å². The van der Waals surface area contributed by atoms with Gasteiger partial charge in [0.2, 0.25) is 0 Å². The molecule has 2 aromatic heterocycles. The Kier molecular flexibility index (Phi) is 8.51. The molecule has 10 nitrogen and oxygen atoms in total. The number of nitrogens with zero attached hydrogens (tertiary/aromatic N) is 4. The van der Waals surface area contributed by atoms with Crippen LogP contribution in [0.4, 0.5) is 16.3 Å². The Morgan fingerprint density at radius 2 is 1.83 bits per heavy atom. The molecule has 3 N–H and O–H groups in total. The van der Waals surface area contributed by atoms with E-state index in [1.807, 2.05) is 37.4 Å². The number of amides is 2. The van der Waals surface area contributed by atoms with E-state index in [2.05, 4.69) is 46.9 Å². The zero-order chi connectivity index (χ0) is 30.0. The number of hydrogen-bond donors (Lipinski definition) is 3. The second-order valence-corrected chi connectivity index (χ2v) is 11.4. The van der Waals surface area contributed by atoms with Crippen LogP contribution in [0, 0.1) is 6.92 Å². The molecule has 2 amide bonds. The number of aromatic amines is 1. The van der Waals surface area contributed by atoms with Crippen molar-refractivity contribution in [2.75, 3.05) is 42.5 Å². The Morgan fingerprint density at radius 1 is 1.07 bits per heavy atom. The molecule has 2 aliphatic heterocycles. The summed E-state index contributed by atoms with van der Waals surface area (Å²) in [6, 6.07) is 10.3. The highest BCUT2D eigenvalue weighted by Gasteiger charge is 2.28. The zero-order valence-electron chi connectivity index (χ0n) is 24.9. The summed E-state index contributed by atoms with van der Waals surface area (Å²) in [5, 5.41) is 12.3. The second kappa shape index (κ2) is 12.3. The fourth-order valence-corrected chi connectivity index (χ4v) is 6.04. The molecule has 3 aromatic rings. The second-order valence-electron chi connectivity index (χ2n) is 11.4. The maximum absolute atomic E-state index is 13.7. The molecule has 2 aliphatic rings. The number of anilines is 2. The van der Waals surface area contributed by atoms with Gasteiger partial charge in [0, 0.05) is 79.6 Å². The van der Waals surface area contributed by atoms with Gasteiger partial charge in [-0.25, -0.2) is 9.78 Å². The minimum Gasteiger partial charge on any atom is -0.465 e. The van der Waals surface area contributed by atoms with Crippen molar-refractivity contribution >= 4 is 23.5 Å². The van der Waals surface area contributed by atoms with Gasteiger partial charge in [-0.2, -0.15) is 0 Å². The Morgan fingerprint density at radius 3 is 2.48 bits per heavy atom. The first-order valence-electron chi connectivity index (χ1n) is 14.8. The first-order chi connectivity index (χ1) is 20.2. The molecule has 0 radical (unpaired) electrons. The lowest BCUT2D eigenvalue weighted by Crippen LogP contribution is -2.48. The van der Waals surface area contributed by atoms with E-state index < -0.39 is 6.09 Å². The number of benzene rings is 1. The summed E-state index contributed by atoms with van der Waals surface area (Å²) >= 11 is 0. The smallest absolute Gasteiger partial charge is 0.407 e. The van der Waals surface area contributed by atoms with Crippen LogP contribution in [-0.4, -0.2) is 70.7 Å². The summed E-state index contributed by atoms with van der Waals surface area (Å²) in [5.41, 5.74) is 6.76. The largest absolute Gasteiger partial charge is 0.465 e. The first kappa shape index (κ1) is 29.2. The van der Waals surface area contributed by atoms with Gasteiger partial charge >= 0.3 is 6.09 Å². The van der Waals surface area contributed by atoms with Crippen LogP contribution in [0.3, 0.4) is 0 Å². The van der Waals surface area contributed by atoms with Gasteiger partial charge in [0.25, 0.3) is 11.5 Å². The maximum Gasteiger partial charge on any atom is 0.407 e. The normalized spacial score (nSPS) is 14.8. The van der Waals surface area contributed by atoms with Crippen LogP contribution >= 0.6 is 0 Å². The molecule has 0 aliphatic carbocycles. The van der Waals surface area contributed by atoms with E-state index in [0.29, 0.717) is 37.3 Å². The predicted molar refractivity (Wildman–Crippen MR) is 165 cm³/mol. The topological polar surface area (TPSA) is 122 Å². The van der Waals surface area contributed by atoms with Crippen molar-refractivity contribution in [3.63, 3.8) is 0 Å². The third kappa shape index (κ3) is 5.98. The van der Waals surface area contributed by atoms with Crippen LogP contribution in [0.15, 0.2) is 41.3 Å². The number of fused-ring (bicyclic) bond motifs is 1. The van der Waals surface area contributed by atoms with E-state index in [1.165, 1.54) is 4.90 Å². The number of hydrogen-bond acceptors (Lipinski definition) is 6. The molecule has 1 fully saturated rings. The third-order valence-corrected chi connectivity index (χ3v) is 8.27. The lowest BCUT2D eigenvalue weighted by atomic mass is 9.97. The van der Waals surface area contributed by atoms with E-state index >= 15 is 0 Å². The standard InChI is InChI=1S/C32H40N6O4/c1-5-6-22-15-21(4)35-31(40)27(22)19-34-30(39)26-16-24(17-28-25(26)9-10-38(28)20(2)3)23-7-8-29(33-18-23)36-11-13-37(14-12-36)32(41)42/h7-8,15-18,20H,5-6,9-14,19H2,1-4H3,(H,34,39)(H,35,40)(H,41,42). The molecule has 10 heteroatoms. The van der Waals surface area contributed by atoms with E-state index in [-0.39, 0.29) is 24.1 Å². The number of carbonyl (C=O) groups excluding carboxylic acids is 1. The predicted octanol–water partition coefficient (Wildman–Crippen LogP) is 4.20. The van der Waals surface area contributed by atoms with Gasteiger partial charge in [-0.15, -0.1) is 0 Å². The van der Waals surface area contributed by atoms with E-state index in [4.69, 9.17) is 4.98 Å². The van der Waals surface area contributed by atoms with Crippen LogP contribution in [0.1, 0.15) is 59.9 Å². The van der Waals surface area contributed by atoms with Crippen molar-refractivity contribution < 1.29 is 14.7 Å². The van der Waals surface area contributed by atoms with Crippen molar-refractivity contribution in [2.24, 2.45) is 0 Å². The summed E-state index contributed by atoms with van der Waals surface area (Å²) in [7, 11) is 0. The average molecular weight is 573 g/mol. The zero-order valence-corrected chi connectivity index (χ0v) is 24.9. The number of H-pyrrole nitrogens is 1. The van der Waals surface area contributed by atoms with Crippen LogP contribution in [-0.2, 0) is 19.4 Å². The lowest BCUT2D eigenvalue weighted by Gasteiger charge is -2.33. The van der Waals surface area contributed by atoms with Crippen LogP contribution in [0.2, 0.25) is 0 Å². The van der Waals surface area contributed by atoms with Crippen molar-refractivity contribution in [3.05, 3.63) is 74.8 Å². The minimum atomic E-state index is -0.892. The Balaban J connectivity index is 1.42. The van der Waals surface area contributed by atoms with Crippen molar-refractivity contribution in [1.82, 2.24) is 20.2 Å². The van der Waals surface area contributed by atoms with Gasteiger partial charge < -0.3 is 30.1 Å². The van der Waals surface area contributed by atoms with E-state index in [1.54, 1.807) is 0 Å². The monoisotopic (exact) mass is 572 g/mol. The number of aromatic nitrogens is 2. The van der Waals surface area contributed by atoms with Gasteiger partial charge in [0.15, 0.2) is 0 Å². The summed E-state index contributed by atoms with van der Waals surface area (Å²) in [4.78, 5) is 51.1. The van der Waals surface area contributed by atoms with Crippen LogP contribution in [0.5, 0.6) is 0 Å². The van der Waals surface area contributed by atoms with Gasteiger partial charge in [-0.1, -0.05) is 13.3 Å². The Hall–Kier alpha value is -4.34. The molecule has 4 heterocycles. The highest BCUT2D eigenvalue weighted by molar-refractivity contribution is 5.99. The number of rotatable bonds is 8. The third-order valence-electron chi connectivity index (χ3n) is 8.27. The molecule has 1 saturated heterocycles. The van der Waals surface area contributed by atoms with Crippen LogP contribution < -0.4 is 20.7 Å². The minimum absolute atomic E-state index is 0.153. The molecular weight excluding hydrogens is 532 g/mol.